The van der Waals surface area contributed by atoms with E-state index in [0.717, 1.165) is 11.6 Å². The molecule has 1 aromatic carbocycles. The van der Waals surface area contributed by atoms with Gasteiger partial charge in [-0.1, -0.05) is 30.3 Å². The summed E-state index contributed by atoms with van der Waals surface area (Å²) in [5.74, 6) is 0. The molecule has 12 heavy (non-hydrogen) atoms. The average molecular weight is 193 g/mol. The van der Waals surface area contributed by atoms with Gasteiger partial charge in [-0.15, -0.1) is 12.6 Å². The zero-order chi connectivity index (χ0) is 9.14. The molecule has 0 aliphatic rings. The molecule has 0 saturated carbocycles. The maximum atomic E-state index is 10.9. The first-order valence-corrected chi connectivity index (χ1v) is 4.67. The molecule has 0 aliphatic heterocycles. The van der Waals surface area contributed by atoms with Gasteiger partial charge in [-0.3, -0.25) is 4.79 Å². The first kappa shape index (κ1) is 9.54. The lowest BCUT2D eigenvalue weighted by molar-refractivity contribution is 0.109. The summed E-state index contributed by atoms with van der Waals surface area (Å²) >= 11 is 3.75. The van der Waals surface area contributed by atoms with Crippen LogP contribution in [0, 0.1) is 0 Å². The Morgan fingerprint density at radius 1 is 1.58 bits per heavy atom. The van der Waals surface area contributed by atoms with Crippen molar-refractivity contribution < 1.29 is 4.79 Å². The fourth-order valence-electron chi connectivity index (χ4n) is 0.998. The first-order valence-electron chi connectivity index (χ1n) is 3.73. The van der Waals surface area contributed by atoms with Crippen molar-refractivity contribution in [2.24, 2.45) is 0 Å². The van der Waals surface area contributed by atoms with E-state index in [2.05, 4.69) is 29.8 Å². The molecule has 0 bridgehead atoms. The lowest BCUT2D eigenvalue weighted by Crippen LogP contribution is -2.13. The Morgan fingerprint density at radius 3 is 2.67 bits per heavy atom. The zero-order valence-electron chi connectivity index (χ0n) is 6.79. The summed E-state index contributed by atoms with van der Waals surface area (Å²) < 4.78 is 0. The molecular weight excluding hydrogens is 184 g/mol. The maximum absolute atomic E-state index is 10.9. The Balaban J connectivity index is 3.12. The second-order valence-electron chi connectivity index (χ2n) is 2.54. The van der Waals surface area contributed by atoms with E-state index in [1.807, 2.05) is 12.1 Å². The van der Waals surface area contributed by atoms with E-state index in [0.29, 0.717) is 5.56 Å². The highest BCUT2D eigenvalue weighted by Crippen LogP contribution is 2.04. The van der Waals surface area contributed by atoms with Crippen LogP contribution in [0.5, 0.6) is 0 Å². The van der Waals surface area contributed by atoms with Crippen LogP contribution in [0.4, 0.5) is 0 Å². The van der Waals surface area contributed by atoms with Gasteiger partial charge in [0.05, 0.1) is 10.2 Å². The van der Waals surface area contributed by atoms with Crippen molar-refractivity contribution >= 4 is 33.2 Å². The standard InChI is InChI=1S/C9H9OSSi/c1-2-6-3-4-7(9(10)11)8(12)5-6/h3-5H,2H2,1H3,(H,10,11). The van der Waals surface area contributed by atoms with E-state index in [-0.39, 0.29) is 5.12 Å². The second kappa shape index (κ2) is 3.91. The van der Waals surface area contributed by atoms with Gasteiger partial charge in [0.15, 0.2) is 0 Å². The van der Waals surface area contributed by atoms with Crippen LogP contribution in [0.15, 0.2) is 18.2 Å². The molecule has 61 valence electrons. The molecule has 0 atom stereocenters. The quantitative estimate of drug-likeness (QED) is 0.550. The van der Waals surface area contributed by atoms with E-state index < -0.39 is 0 Å². The topological polar surface area (TPSA) is 17.1 Å². The monoisotopic (exact) mass is 193 g/mol. The Labute approximate surface area is 81.0 Å². The highest BCUT2D eigenvalue weighted by Gasteiger charge is 2.03. The smallest absolute Gasteiger partial charge is 0.216 e. The Hall–Kier alpha value is -0.543. The fraction of sp³-hybridized carbons (Fsp3) is 0.222. The SMILES string of the molecule is CCc1ccc(C(=O)S)c([Si])c1. The fourth-order valence-corrected chi connectivity index (χ4v) is 1.68. The molecule has 3 radical (unpaired) electrons. The Morgan fingerprint density at radius 2 is 2.25 bits per heavy atom. The molecule has 0 spiro atoms. The molecule has 1 rings (SSSR count). The second-order valence-corrected chi connectivity index (χ2v) is 3.48. The normalized spacial score (nSPS) is 9.92. The third kappa shape index (κ3) is 1.99. The molecule has 0 aliphatic carbocycles. The molecule has 0 N–H and O–H groups in total. The number of aryl methyl sites for hydroxylation is 1. The minimum absolute atomic E-state index is 0.206. The summed E-state index contributed by atoms with van der Waals surface area (Å²) in [5.41, 5.74) is 1.82. The summed E-state index contributed by atoms with van der Waals surface area (Å²) in [6.07, 6.45) is 0.971. The van der Waals surface area contributed by atoms with E-state index in [1.165, 1.54) is 5.56 Å². The van der Waals surface area contributed by atoms with Gasteiger partial charge in [0.2, 0.25) is 5.12 Å². The number of carbonyl (C=O) groups is 1. The Kier molecular flexibility index (Phi) is 3.11. The summed E-state index contributed by atoms with van der Waals surface area (Å²) in [6, 6.07) is 5.67. The van der Waals surface area contributed by atoms with Gasteiger partial charge in [0.25, 0.3) is 0 Å². The molecular formula is C9H9OSSi. The first-order chi connectivity index (χ1) is 5.65. The van der Waals surface area contributed by atoms with Crippen molar-refractivity contribution in [3.8, 4) is 0 Å². The van der Waals surface area contributed by atoms with Crippen LogP contribution < -0.4 is 5.19 Å². The van der Waals surface area contributed by atoms with Crippen LogP contribution in [-0.4, -0.2) is 15.4 Å². The third-order valence-electron chi connectivity index (χ3n) is 1.72. The zero-order valence-corrected chi connectivity index (χ0v) is 8.69. The predicted octanol–water partition coefficient (Wildman–Crippen LogP) is 1.11. The van der Waals surface area contributed by atoms with Gasteiger partial charge in [0.1, 0.15) is 0 Å². The lowest BCUT2D eigenvalue weighted by atomic mass is 10.1. The predicted molar refractivity (Wildman–Crippen MR) is 54.5 cm³/mol. The van der Waals surface area contributed by atoms with Crippen molar-refractivity contribution in [1.82, 2.24) is 0 Å². The van der Waals surface area contributed by atoms with Gasteiger partial charge in [-0.2, -0.15) is 0 Å². The van der Waals surface area contributed by atoms with Crippen molar-refractivity contribution in [2.75, 3.05) is 0 Å². The number of benzene rings is 1. The third-order valence-corrected chi connectivity index (χ3v) is 2.38. The Bertz CT molecular complexity index is 309. The molecule has 1 nitrogen and oxygen atoms in total. The average Bonchev–Trinajstić information content (AvgIpc) is 2.03. The summed E-state index contributed by atoms with van der Waals surface area (Å²) in [5, 5.41) is 0.608. The molecule has 0 heterocycles. The van der Waals surface area contributed by atoms with Crippen molar-refractivity contribution in [1.29, 1.82) is 0 Å². The van der Waals surface area contributed by atoms with Gasteiger partial charge >= 0.3 is 0 Å². The number of hydrogen-bond donors (Lipinski definition) is 1. The van der Waals surface area contributed by atoms with Crippen LogP contribution in [0.25, 0.3) is 0 Å². The summed E-state index contributed by atoms with van der Waals surface area (Å²) in [4.78, 5) is 10.9. The summed E-state index contributed by atoms with van der Waals surface area (Å²) in [7, 11) is 3.37. The minimum atomic E-state index is -0.206. The summed E-state index contributed by atoms with van der Waals surface area (Å²) in [6.45, 7) is 2.07. The molecule has 0 saturated heterocycles. The number of carbonyl (C=O) groups excluding carboxylic acids is 1. The van der Waals surface area contributed by atoms with Crippen LogP contribution in [0.3, 0.4) is 0 Å². The van der Waals surface area contributed by atoms with Crippen LogP contribution >= 0.6 is 12.6 Å². The molecule has 3 heteroatoms. The van der Waals surface area contributed by atoms with Crippen molar-refractivity contribution in [3.05, 3.63) is 29.3 Å². The largest absolute Gasteiger partial charge is 0.282 e. The van der Waals surface area contributed by atoms with Crippen LogP contribution in [0.2, 0.25) is 0 Å². The highest BCUT2D eigenvalue weighted by molar-refractivity contribution is 7.97. The van der Waals surface area contributed by atoms with Gasteiger partial charge in [-0.05, 0) is 12.0 Å². The highest BCUT2D eigenvalue weighted by atomic mass is 32.1. The van der Waals surface area contributed by atoms with Gasteiger partial charge < -0.3 is 0 Å². The lowest BCUT2D eigenvalue weighted by Gasteiger charge is -2.02. The number of thiol groups is 1. The molecule has 0 fully saturated rings. The maximum Gasteiger partial charge on any atom is 0.216 e. The van der Waals surface area contributed by atoms with Gasteiger partial charge in [0, 0.05) is 5.56 Å². The molecule has 0 aromatic heterocycles. The minimum Gasteiger partial charge on any atom is -0.282 e. The van der Waals surface area contributed by atoms with Crippen molar-refractivity contribution in [2.45, 2.75) is 13.3 Å². The van der Waals surface area contributed by atoms with Crippen LogP contribution in [0.1, 0.15) is 22.8 Å². The molecule has 0 unspecified atom stereocenters. The molecule has 1 aromatic rings. The number of rotatable bonds is 2. The molecule has 0 amide bonds. The number of hydrogen-bond acceptors (Lipinski definition) is 1. The van der Waals surface area contributed by atoms with E-state index in [4.69, 9.17) is 0 Å². The van der Waals surface area contributed by atoms with Gasteiger partial charge in [-0.25, -0.2) is 0 Å². The van der Waals surface area contributed by atoms with Crippen molar-refractivity contribution in [3.63, 3.8) is 0 Å². The van der Waals surface area contributed by atoms with E-state index in [9.17, 15) is 4.79 Å². The van der Waals surface area contributed by atoms with E-state index >= 15 is 0 Å². The van der Waals surface area contributed by atoms with Crippen LogP contribution in [-0.2, 0) is 6.42 Å². The van der Waals surface area contributed by atoms with E-state index in [1.54, 1.807) is 6.07 Å².